The topological polar surface area (TPSA) is 52.0 Å². The van der Waals surface area contributed by atoms with Crippen LogP contribution in [0.4, 0.5) is 0 Å². The number of hydrogen-bond acceptors (Lipinski definition) is 2. The van der Waals surface area contributed by atoms with Crippen molar-refractivity contribution in [2.75, 3.05) is 0 Å². The highest BCUT2D eigenvalue weighted by Gasteiger charge is 1.88. The lowest BCUT2D eigenvalue weighted by Crippen LogP contribution is -2.08. The summed E-state index contributed by atoms with van der Waals surface area (Å²) in [6.45, 7) is 3.89. The van der Waals surface area contributed by atoms with Gasteiger partial charge in [-0.2, -0.15) is 0 Å². The van der Waals surface area contributed by atoms with Crippen LogP contribution in [-0.4, -0.2) is 0 Å². The Kier molecular flexibility index (Phi) is 3.60. The first kappa shape index (κ1) is 8.08. The Morgan fingerprint density at radius 1 is 1.33 bits per heavy atom. The normalized spacial score (nSPS) is 14.0. The summed E-state index contributed by atoms with van der Waals surface area (Å²) in [4.78, 5) is 0. The van der Waals surface area contributed by atoms with E-state index >= 15 is 0 Å². The molecule has 0 saturated carbocycles. The molecular weight excluding hydrogens is 112 g/mol. The van der Waals surface area contributed by atoms with Crippen LogP contribution in [-0.2, 0) is 0 Å². The molecule has 0 aromatic carbocycles. The van der Waals surface area contributed by atoms with E-state index in [4.69, 9.17) is 11.5 Å². The van der Waals surface area contributed by atoms with Gasteiger partial charge in [-0.1, -0.05) is 19.1 Å². The molecule has 0 heterocycles. The highest BCUT2D eigenvalue weighted by Crippen LogP contribution is 1.95. The van der Waals surface area contributed by atoms with Crippen LogP contribution in [0.3, 0.4) is 0 Å². The van der Waals surface area contributed by atoms with E-state index < -0.39 is 0 Å². The Balaban J connectivity index is 4.03. The van der Waals surface area contributed by atoms with Gasteiger partial charge in [0, 0.05) is 0 Å². The minimum atomic E-state index is 0.664. The van der Waals surface area contributed by atoms with Crippen LogP contribution < -0.4 is 11.5 Å². The van der Waals surface area contributed by atoms with Crippen molar-refractivity contribution in [3.05, 3.63) is 23.5 Å². The summed E-state index contributed by atoms with van der Waals surface area (Å²) in [7, 11) is 0. The number of nitrogens with two attached hydrogens (primary N) is 2. The molecule has 0 bridgehead atoms. The first-order valence-electron chi connectivity index (χ1n) is 3.10. The molecule has 0 saturated heterocycles. The number of rotatable bonds is 2. The molecule has 4 N–H and O–H groups in total. The second kappa shape index (κ2) is 4.01. The van der Waals surface area contributed by atoms with Crippen molar-refractivity contribution in [3.8, 4) is 0 Å². The van der Waals surface area contributed by atoms with Crippen LogP contribution in [0.2, 0.25) is 0 Å². The summed E-state index contributed by atoms with van der Waals surface area (Å²) >= 11 is 0. The third-order valence-electron chi connectivity index (χ3n) is 1.07. The standard InChI is InChI=1S/C7H14N2/c1-3-5-7(9)6(8)4-2/h4-5H,3,8-9H2,1-2H3/b6-4+,7-5+. The molecule has 0 aliphatic rings. The highest BCUT2D eigenvalue weighted by atomic mass is 14.7. The fraction of sp³-hybridized carbons (Fsp3) is 0.429. The van der Waals surface area contributed by atoms with Crippen LogP contribution >= 0.6 is 0 Å². The summed E-state index contributed by atoms with van der Waals surface area (Å²) in [5.74, 6) is 0. The van der Waals surface area contributed by atoms with E-state index in [9.17, 15) is 0 Å². The molecule has 0 spiro atoms. The summed E-state index contributed by atoms with van der Waals surface area (Å²) in [5, 5.41) is 0. The fourth-order valence-electron chi connectivity index (χ4n) is 0.504. The van der Waals surface area contributed by atoms with Crippen LogP contribution in [0.15, 0.2) is 23.5 Å². The molecule has 0 atom stereocenters. The largest absolute Gasteiger partial charge is 0.397 e. The van der Waals surface area contributed by atoms with Gasteiger partial charge in [-0.15, -0.1) is 0 Å². The molecule has 0 fully saturated rings. The van der Waals surface area contributed by atoms with Gasteiger partial charge in [-0.05, 0) is 13.3 Å². The van der Waals surface area contributed by atoms with Gasteiger partial charge in [0.05, 0.1) is 11.4 Å². The predicted molar refractivity (Wildman–Crippen MR) is 40.5 cm³/mol. The summed E-state index contributed by atoms with van der Waals surface area (Å²) < 4.78 is 0. The van der Waals surface area contributed by atoms with E-state index in [0.29, 0.717) is 11.4 Å². The SMILES string of the molecule is C/C=C(N)\C(N)=C/CC. The number of hydrogen-bond donors (Lipinski definition) is 2. The van der Waals surface area contributed by atoms with Crippen molar-refractivity contribution < 1.29 is 0 Å². The monoisotopic (exact) mass is 126 g/mol. The van der Waals surface area contributed by atoms with E-state index in [1.807, 2.05) is 19.9 Å². The van der Waals surface area contributed by atoms with Gasteiger partial charge in [0.15, 0.2) is 0 Å². The minimum absolute atomic E-state index is 0.664. The van der Waals surface area contributed by atoms with Crippen molar-refractivity contribution in [1.29, 1.82) is 0 Å². The van der Waals surface area contributed by atoms with Crippen LogP contribution in [0.5, 0.6) is 0 Å². The van der Waals surface area contributed by atoms with Gasteiger partial charge in [0.2, 0.25) is 0 Å². The lowest BCUT2D eigenvalue weighted by molar-refractivity contribution is 1.14. The summed E-state index contributed by atoms with van der Waals surface area (Å²) in [6.07, 6.45) is 4.62. The van der Waals surface area contributed by atoms with Crippen molar-refractivity contribution in [2.24, 2.45) is 11.5 Å². The molecule has 0 aliphatic carbocycles. The zero-order chi connectivity index (χ0) is 7.28. The maximum atomic E-state index is 5.51. The quantitative estimate of drug-likeness (QED) is 0.544. The maximum Gasteiger partial charge on any atom is 0.0503 e. The van der Waals surface area contributed by atoms with E-state index in [2.05, 4.69) is 0 Å². The van der Waals surface area contributed by atoms with E-state index in [1.54, 1.807) is 6.08 Å². The zero-order valence-corrected chi connectivity index (χ0v) is 6.02. The smallest absolute Gasteiger partial charge is 0.0503 e. The Bertz CT molecular complexity index is 134. The minimum Gasteiger partial charge on any atom is -0.397 e. The molecule has 52 valence electrons. The van der Waals surface area contributed by atoms with Crippen molar-refractivity contribution in [1.82, 2.24) is 0 Å². The molecule has 2 heteroatoms. The molecule has 0 aromatic rings. The van der Waals surface area contributed by atoms with E-state index in [-0.39, 0.29) is 0 Å². The first-order chi connectivity index (χ1) is 4.22. The van der Waals surface area contributed by atoms with Crippen LogP contribution in [0.1, 0.15) is 20.3 Å². The highest BCUT2D eigenvalue weighted by molar-refractivity contribution is 5.23. The van der Waals surface area contributed by atoms with Gasteiger partial charge in [0.1, 0.15) is 0 Å². The Labute approximate surface area is 56.2 Å². The second-order valence-electron chi connectivity index (χ2n) is 1.81. The summed E-state index contributed by atoms with van der Waals surface area (Å²) in [6, 6.07) is 0. The van der Waals surface area contributed by atoms with Crippen LogP contribution in [0, 0.1) is 0 Å². The molecule has 0 aliphatic heterocycles. The summed E-state index contributed by atoms with van der Waals surface area (Å²) in [5.41, 5.74) is 12.3. The lowest BCUT2D eigenvalue weighted by Gasteiger charge is -1.97. The molecule has 0 aromatic heterocycles. The van der Waals surface area contributed by atoms with E-state index in [0.717, 1.165) is 6.42 Å². The van der Waals surface area contributed by atoms with Crippen LogP contribution in [0.25, 0.3) is 0 Å². The predicted octanol–water partition coefficient (Wildman–Crippen LogP) is 1.10. The maximum absolute atomic E-state index is 5.51. The Hall–Kier alpha value is -0.920. The van der Waals surface area contributed by atoms with Gasteiger partial charge >= 0.3 is 0 Å². The molecule has 0 amide bonds. The Morgan fingerprint density at radius 3 is 2.22 bits per heavy atom. The van der Waals surface area contributed by atoms with E-state index in [1.165, 1.54) is 0 Å². The third-order valence-corrected chi connectivity index (χ3v) is 1.07. The van der Waals surface area contributed by atoms with Crippen molar-refractivity contribution >= 4 is 0 Å². The molecule has 9 heavy (non-hydrogen) atoms. The first-order valence-corrected chi connectivity index (χ1v) is 3.10. The van der Waals surface area contributed by atoms with Gasteiger partial charge in [-0.3, -0.25) is 0 Å². The Morgan fingerprint density at radius 2 is 1.89 bits per heavy atom. The van der Waals surface area contributed by atoms with Gasteiger partial charge in [0.25, 0.3) is 0 Å². The fourth-order valence-corrected chi connectivity index (χ4v) is 0.504. The molecular formula is C7H14N2. The van der Waals surface area contributed by atoms with Gasteiger partial charge < -0.3 is 11.5 Å². The van der Waals surface area contributed by atoms with Crippen molar-refractivity contribution in [2.45, 2.75) is 20.3 Å². The zero-order valence-electron chi connectivity index (χ0n) is 6.02. The lowest BCUT2D eigenvalue weighted by atomic mass is 10.3. The average Bonchev–Trinajstić information content (AvgIpc) is 1.87. The molecule has 0 rings (SSSR count). The molecule has 0 unspecified atom stereocenters. The second-order valence-corrected chi connectivity index (χ2v) is 1.81. The molecule has 2 nitrogen and oxygen atoms in total. The average molecular weight is 126 g/mol. The van der Waals surface area contributed by atoms with Crippen molar-refractivity contribution in [3.63, 3.8) is 0 Å². The third kappa shape index (κ3) is 2.80. The number of allylic oxidation sites excluding steroid dienone is 2. The molecule has 0 radical (unpaired) electrons. The van der Waals surface area contributed by atoms with Gasteiger partial charge in [-0.25, -0.2) is 0 Å².